The van der Waals surface area contributed by atoms with Gasteiger partial charge in [-0.25, -0.2) is 4.98 Å². The van der Waals surface area contributed by atoms with Gasteiger partial charge in [0.05, 0.1) is 11.2 Å². The molecule has 0 fully saturated rings. The van der Waals surface area contributed by atoms with Gasteiger partial charge in [0.25, 0.3) is 0 Å². The minimum Gasteiger partial charge on any atom is -0.264 e. The van der Waals surface area contributed by atoms with Crippen molar-refractivity contribution in [2.75, 3.05) is 0 Å². The molecule has 0 spiro atoms. The molecule has 0 saturated heterocycles. The van der Waals surface area contributed by atoms with E-state index in [-0.39, 0.29) is 0 Å². The van der Waals surface area contributed by atoms with Crippen molar-refractivity contribution in [3.05, 3.63) is 95.3 Å². The zero-order chi connectivity index (χ0) is 16.8. The fraction of sp³-hybridized carbons (Fsp3) is 0.0435. The van der Waals surface area contributed by atoms with Crippen LogP contribution in [-0.4, -0.2) is 9.97 Å². The third-order valence-corrected chi connectivity index (χ3v) is 4.73. The molecule has 0 radical (unpaired) electrons. The molecule has 0 atom stereocenters. The van der Waals surface area contributed by atoms with Gasteiger partial charge in [-0.1, -0.05) is 48.0 Å². The number of hydrogen-bond acceptors (Lipinski definition) is 2. The second-order valence-corrected chi connectivity index (χ2v) is 6.47. The second kappa shape index (κ2) is 5.38. The Labute approximate surface area is 146 Å². The van der Waals surface area contributed by atoms with E-state index in [9.17, 15) is 0 Å². The van der Waals surface area contributed by atoms with Gasteiger partial charge in [0, 0.05) is 28.9 Å². The van der Waals surface area contributed by atoms with Crippen LogP contribution in [0.4, 0.5) is 0 Å². The van der Waals surface area contributed by atoms with Crippen LogP contribution >= 0.6 is 0 Å². The molecular weight excluding hydrogens is 304 g/mol. The molecule has 1 aliphatic rings. The minimum absolute atomic E-state index is 1.04. The van der Waals surface area contributed by atoms with E-state index in [1.54, 1.807) is 6.20 Å². The standard InChI is InChI=1S/C23H16N2/c1-15-8-9-18-19(11-15)20(12-16-5-4-10-24-14-16)21-13-17-6-2-3-7-22(17)25-23(18)21/h2-14H,1H3/b20-12-. The van der Waals surface area contributed by atoms with Gasteiger partial charge in [-0.05, 0) is 47.9 Å². The van der Waals surface area contributed by atoms with E-state index in [0.717, 1.165) is 16.8 Å². The first-order valence-corrected chi connectivity index (χ1v) is 8.43. The Balaban J connectivity index is 1.84. The monoisotopic (exact) mass is 320 g/mol. The lowest BCUT2D eigenvalue weighted by molar-refractivity contribution is 1.32. The summed E-state index contributed by atoms with van der Waals surface area (Å²) in [6.45, 7) is 2.13. The molecule has 2 heteroatoms. The molecule has 0 aliphatic heterocycles. The summed E-state index contributed by atoms with van der Waals surface area (Å²) in [6.07, 6.45) is 5.92. The topological polar surface area (TPSA) is 25.8 Å². The fourth-order valence-electron chi connectivity index (χ4n) is 3.54. The van der Waals surface area contributed by atoms with Gasteiger partial charge in [0.15, 0.2) is 0 Å². The largest absolute Gasteiger partial charge is 0.264 e. The Morgan fingerprint density at radius 2 is 1.76 bits per heavy atom. The highest BCUT2D eigenvalue weighted by Gasteiger charge is 2.25. The molecule has 2 aromatic heterocycles. The van der Waals surface area contributed by atoms with E-state index in [0.29, 0.717) is 0 Å². The van der Waals surface area contributed by atoms with E-state index >= 15 is 0 Å². The van der Waals surface area contributed by atoms with Gasteiger partial charge < -0.3 is 0 Å². The van der Waals surface area contributed by atoms with Crippen LogP contribution in [-0.2, 0) is 0 Å². The maximum absolute atomic E-state index is 4.96. The molecule has 2 heterocycles. The summed E-state index contributed by atoms with van der Waals surface area (Å²) < 4.78 is 0. The molecule has 2 nitrogen and oxygen atoms in total. The zero-order valence-electron chi connectivity index (χ0n) is 13.9. The summed E-state index contributed by atoms with van der Waals surface area (Å²) in [4.78, 5) is 9.21. The molecular formula is C23H16N2. The maximum atomic E-state index is 4.96. The second-order valence-electron chi connectivity index (χ2n) is 6.47. The van der Waals surface area contributed by atoms with Crippen molar-refractivity contribution >= 4 is 22.6 Å². The van der Waals surface area contributed by atoms with Crippen molar-refractivity contribution in [2.45, 2.75) is 6.92 Å². The van der Waals surface area contributed by atoms with Gasteiger partial charge in [0.1, 0.15) is 0 Å². The molecule has 118 valence electrons. The van der Waals surface area contributed by atoms with Crippen LogP contribution in [0.5, 0.6) is 0 Å². The number of aromatic nitrogens is 2. The molecule has 0 bridgehead atoms. The predicted molar refractivity (Wildman–Crippen MR) is 103 cm³/mol. The molecule has 0 unspecified atom stereocenters. The van der Waals surface area contributed by atoms with Crippen LogP contribution in [0.2, 0.25) is 0 Å². The lowest BCUT2D eigenvalue weighted by Gasteiger charge is -2.05. The Morgan fingerprint density at radius 1 is 0.840 bits per heavy atom. The number of aryl methyl sites for hydroxylation is 1. The average Bonchev–Trinajstić information content (AvgIpc) is 2.93. The van der Waals surface area contributed by atoms with E-state index in [1.807, 2.05) is 18.3 Å². The van der Waals surface area contributed by atoms with Gasteiger partial charge in [0.2, 0.25) is 0 Å². The van der Waals surface area contributed by atoms with Crippen molar-refractivity contribution in [2.24, 2.45) is 0 Å². The quantitative estimate of drug-likeness (QED) is 0.407. The first kappa shape index (κ1) is 14.1. The van der Waals surface area contributed by atoms with Crippen molar-refractivity contribution in [3.63, 3.8) is 0 Å². The van der Waals surface area contributed by atoms with Crippen LogP contribution in [0.1, 0.15) is 22.3 Å². The number of pyridine rings is 2. The van der Waals surface area contributed by atoms with Gasteiger partial charge in [-0.15, -0.1) is 0 Å². The molecule has 4 aromatic rings. The highest BCUT2D eigenvalue weighted by molar-refractivity contribution is 6.07. The first-order valence-electron chi connectivity index (χ1n) is 8.43. The Bertz CT molecular complexity index is 1140. The molecule has 5 rings (SSSR count). The number of hydrogen-bond donors (Lipinski definition) is 0. The lowest BCUT2D eigenvalue weighted by atomic mass is 10.00. The fourth-order valence-corrected chi connectivity index (χ4v) is 3.54. The van der Waals surface area contributed by atoms with Crippen LogP contribution < -0.4 is 0 Å². The average molecular weight is 320 g/mol. The van der Waals surface area contributed by atoms with E-state index in [2.05, 4.69) is 66.5 Å². The third kappa shape index (κ3) is 2.26. The van der Waals surface area contributed by atoms with Crippen LogP contribution in [0.15, 0.2) is 73.1 Å². The van der Waals surface area contributed by atoms with E-state index in [4.69, 9.17) is 4.98 Å². The predicted octanol–water partition coefficient (Wildman–Crippen LogP) is 5.51. The summed E-state index contributed by atoms with van der Waals surface area (Å²) in [6, 6.07) is 21.2. The number of nitrogens with zero attached hydrogens (tertiary/aromatic N) is 2. The van der Waals surface area contributed by atoms with Crippen molar-refractivity contribution < 1.29 is 0 Å². The maximum Gasteiger partial charge on any atom is 0.0794 e. The Morgan fingerprint density at radius 3 is 2.64 bits per heavy atom. The molecule has 0 amide bonds. The Kier molecular flexibility index (Phi) is 3.04. The highest BCUT2D eigenvalue weighted by atomic mass is 14.7. The SMILES string of the molecule is Cc1ccc2c(c1)/C(=C/c1cccnc1)c1cc3ccccc3nc1-2. The molecule has 2 aromatic carbocycles. The third-order valence-electron chi connectivity index (χ3n) is 4.73. The van der Waals surface area contributed by atoms with E-state index < -0.39 is 0 Å². The van der Waals surface area contributed by atoms with Gasteiger partial charge in [-0.2, -0.15) is 0 Å². The molecule has 0 saturated carbocycles. The molecule has 1 aliphatic carbocycles. The van der Waals surface area contributed by atoms with Crippen LogP contribution in [0.25, 0.3) is 33.8 Å². The minimum atomic E-state index is 1.04. The Hall–Kier alpha value is -3.26. The summed E-state index contributed by atoms with van der Waals surface area (Å²) >= 11 is 0. The van der Waals surface area contributed by atoms with Crippen LogP contribution in [0, 0.1) is 6.92 Å². The van der Waals surface area contributed by atoms with Crippen LogP contribution in [0.3, 0.4) is 0 Å². The first-order chi connectivity index (χ1) is 12.3. The van der Waals surface area contributed by atoms with Gasteiger partial charge in [-0.3, -0.25) is 4.98 Å². The molecule has 25 heavy (non-hydrogen) atoms. The smallest absolute Gasteiger partial charge is 0.0794 e. The van der Waals surface area contributed by atoms with E-state index in [1.165, 1.54) is 33.2 Å². The molecule has 0 N–H and O–H groups in total. The van der Waals surface area contributed by atoms with Gasteiger partial charge >= 0.3 is 0 Å². The van der Waals surface area contributed by atoms with Crippen molar-refractivity contribution in [1.82, 2.24) is 9.97 Å². The number of benzene rings is 2. The van der Waals surface area contributed by atoms with Crippen molar-refractivity contribution in [1.29, 1.82) is 0 Å². The number of rotatable bonds is 1. The normalized spacial score (nSPS) is 13.9. The highest BCUT2D eigenvalue weighted by Crippen LogP contribution is 2.45. The number of para-hydroxylation sites is 1. The number of fused-ring (bicyclic) bond motifs is 4. The summed E-state index contributed by atoms with van der Waals surface area (Å²) in [5.41, 5.74) is 9.35. The summed E-state index contributed by atoms with van der Waals surface area (Å²) in [5, 5.41) is 1.17. The summed E-state index contributed by atoms with van der Waals surface area (Å²) in [5.74, 6) is 0. The van der Waals surface area contributed by atoms with Crippen molar-refractivity contribution in [3.8, 4) is 11.3 Å². The summed E-state index contributed by atoms with van der Waals surface area (Å²) in [7, 11) is 0. The zero-order valence-corrected chi connectivity index (χ0v) is 13.9. The lowest BCUT2D eigenvalue weighted by Crippen LogP contribution is -1.87.